The van der Waals surface area contributed by atoms with Crippen LogP contribution in [0.4, 0.5) is 0 Å². The van der Waals surface area contributed by atoms with Crippen LogP contribution in [0.25, 0.3) is 0 Å². The van der Waals surface area contributed by atoms with E-state index in [1.54, 1.807) is 0 Å². The molecule has 2 N–H and O–H groups in total. The minimum Gasteiger partial charge on any atom is -0.324 e. The Hall–Kier alpha value is -0.910. The second kappa shape index (κ2) is 4.99. The molecule has 1 aromatic rings. The Morgan fingerprint density at radius 1 is 1.33 bits per heavy atom. The van der Waals surface area contributed by atoms with Crippen LogP contribution >= 0.6 is 0 Å². The molecule has 4 nitrogen and oxygen atoms in total. The average Bonchev–Trinajstić information content (AvgIpc) is 2.28. The fourth-order valence-corrected chi connectivity index (χ4v) is 3.50. The van der Waals surface area contributed by atoms with Gasteiger partial charge in [0.1, 0.15) is 0 Å². The highest BCUT2D eigenvalue weighted by molar-refractivity contribution is 7.88. The quantitative estimate of drug-likeness (QED) is 0.889. The predicted molar refractivity (Wildman–Crippen MR) is 72.7 cm³/mol. The van der Waals surface area contributed by atoms with Gasteiger partial charge in [0.15, 0.2) is 0 Å². The highest BCUT2D eigenvalue weighted by Crippen LogP contribution is 2.24. The van der Waals surface area contributed by atoms with Gasteiger partial charge < -0.3 is 5.73 Å². The van der Waals surface area contributed by atoms with Crippen LogP contribution in [0.15, 0.2) is 30.3 Å². The second-order valence-electron chi connectivity index (χ2n) is 5.22. The number of benzene rings is 1. The first-order chi connectivity index (χ1) is 8.39. The highest BCUT2D eigenvalue weighted by atomic mass is 32.2. The lowest BCUT2D eigenvalue weighted by atomic mass is 9.85. The molecule has 0 aromatic heterocycles. The number of rotatable bonds is 3. The smallest absolute Gasteiger partial charge is 0.211 e. The van der Waals surface area contributed by atoms with E-state index in [1.165, 1.54) is 10.6 Å². The van der Waals surface area contributed by atoms with Gasteiger partial charge in [-0.25, -0.2) is 12.7 Å². The Morgan fingerprint density at radius 2 is 2.00 bits per heavy atom. The van der Waals surface area contributed by atoms with Crippen LogP contribution in [0.5, 0.6) is 0 Å². The molecule has 0 radical (unpaired) electrons. The summed E-state index contributed by atoms with van der Waals surface area (Å²) in [5, 5.41) is 0. The van der Waals surface area contributed by atoms with Crippen LogP contribution in [0, 0.1) is 0 Å². The molecule has 1 fully saturated rings. The lowest BCUT2D eigenvalue weighted by Gasteiger charge is -2.39. The average molecular weight is 268 g/mol. The summed E-state index contributed by atoms with van der Waals surface area (Å²) < 4.78 is 24.7. The predicted octanol–water partition coefficient (Wildman–Crippen LogP) is 0.982. The molecule has 2 rings (SSSR count). The van der Waals surface area contributed by atoms with Gasteiger partial charge in [0.2, 0.25) is 10.0 Å². The highest BCUT2D eigenvalue weighted by Gasteiger charge is 2.35. The number of nitrogens with zero attached hydrogens (tertiary/aromatic N) is 1. The molecule has 0 bridgehead atoms. The van der Waals surface area contributed by atoms with Crippen LogP contribution in [0.3, 0.4) is 0 Å². The summed E-state index contributed by atoms with van der Waals surface area (Å²) in [6.45, 7) is 1.01. The third-order valence-corrected chi connectivity index (χ3v) is 4.69. The van der Waals surface area contributed by atoms with E-state index in [-0.39, 0.29) is 0 Å². The van der Waals surface area contributed by atoms with Gasteiger partial charge in [0.05, 0.1) is 6.26 Å². The van der Waals surface area contributed by atoms with Gasteiger partial charge in [-0.2, -0.15) is 0 Å². The maximum absolute atomic E-state index is 11.6. The van der Waals surface area contributed by atoms with Crippen molar-refractivity contribution in [2.24, 2.45) is 5.73 Å². The van der Waals surface area contributed by atoms with Crippen molar-refractivity contribution >= 4 is 10.0 Å². The molecule has 5 heteroatoms. The van der Waals surface area contributed by atoms with E-state index in [0.717, 1.165) is 24.8 Å². The minimum absolute atomic E-state index is 0.417. The SMILES string of the molecule is CS(=O)(=O)N1CCCC(N)(Cc2ccccc2)C1. The number of sulfonamides is 1. The van der Waals surface area contributed by atoms with Crippen LogP contribution < -0.4 is 5.73 Å². The molecule has 1 aliphatic heterocycles. The number of hydrogen-bond acceptors (Lipinski definition) is 3. The lowest BCUT2D eigenvalue weighted by Crippen LogP contribution is -2.56. The van der Waals surface area contributed by atoms with E-state index in [4.69, 9.17) is 5.73 Å². The largest absolute Gasteiger partial charge is 0.324 e. The summed E-state index contributed by atoms with van der Waals surface area (Å²) in [6.07, 6.45) is 3.67. The van der Waals surface area contributed by atoms with Crippen molar-refractivity contribution in [1.29, 1.82) is 0 Å². The Morgan fingerprint density at radius 3 is 2.61 bits per heavy atom. The fourth-order valence-electron chi connectivity index (χ4n) is 2.55. The van der Waals surface area contributed by atoms with Gasteiger partial charge in [0.25, 0.3) is 0 Å². The van der Waals surface area contributed by atoms with Crippen LogP contribution in [-0.4, -0.2) is 37.6 Å². The maximum atomic E-state index is 11.6. The van der Waals surface area contributed by atoms with E-state index in [0.29, 0.717) is 13.1 Å². The molecule has 1 heterocycles. The zero-order chi connectivity index (χ0) is 13.2. The van der Waals surface area contributed by atoms with E-state index in [1.807, 2.05) is 30.3 Å². The summed E-state index contributed by atoms with van der Waals surface area (Å²) in [5.41, 5.74) is 7.09. The molecular weight excluding hydrogens is 248 g/mol. The molecule has 0 aliphatic carbocycles. The molecule has 18 heavy (non-hydrogen) atoms. The van der Waals surface area contributed by atoms with E-state index >= 15 is 0 Å². The first-order valence-electron chi connectivity index (χ1n) is 6.17. The lowest BCUT2D eigenvalue weighted by molar-refractivity contribution is 0.227. The summed E-state index contributed by atoms with van der Waals surface area (Å²) in [6, 6.07) is 10.0. The molecule has 1 saturated heterocycles. The standard InChI is InChI=1S/C13H20N2O2S/c1-18(16,17)15-9-5-8-13(14,11-15)10-12-6-3-2-4-7-12/h2-4,6-7H,5,8-11,14H2,1H3. The Balaban J connectivity index is 2.11. The fraction of sp³-hybridized carbons (Fsp3) is 0.538. The number of hydrogen-bond donors (Lipinski definition) is 1. The topological polar surface area (TPSA) is 63.4 Å². The second-order valence-corrected chi connectivity index (χ2v) is 7.21. The van der Waals surface area contributed by atoms with Gasteiger partial charge in [-0.3, -0.25) is 0 Å². The maximum Gasteiger partial charge on any atom is 0.211 e. The molecule has 1 unspecified atom stereocenters. The molecular formula is C13H20N2O2S. The Labute approximate surface area is 109 Å². The van der Waals surface area contributed by atoms with Crippen molar-refractivity contribution < 1.29 is 8.42 Å². The third kappa shape index (κ3) is 3.31. The van der Waals surface area contributed by atoms with Crippen molar-refractivity contribution in [1.82, 2.24) is 4.31 Å². The van der Waals surface area contributed by atoms with Gasteiger partial charge in [-0.05, 0) is 24.8 Å². The first kappa shape index (κ1) is 13.5. The zero-order valence-electron chi connectivity index (χ0n) is 10.7. The van der Waals surface area contributed by atoms with Gasteiger partial charge in [-0.15, -0.1) is 0 Å². The first-order valence-corrected chi connectivity index (χ1v) is 8.02. The zero-order valence-corrected chi connectivity index (χ0v) is 11.5. The van der Waals surface area contributed by atoms with Crippen molar-refractivity contribution in [2.75, 3.05) is 19.3 Å². The van der Waals surface area contributed by atoms with Crippen molar-refractivity contribution in [3.05, 3.63) is 35.9 Å². The van der Waals surface area contributed by atoms with Gasteiger partial charge in [0, 0.05) is 18.6 Å². The molecule has 0 spiro atoms. The van der Waals surface area contributed by atoms with Crippen LogP contribution in [-0.2, 0) is 16.4 Å². The summed E-state index contributed by atoms with van der Waals surface area (Å²) in [4.78, 5) is 0. The minimum atomic E-state index is -3.14. The molecule has 100 valence electrons. The third-order valence-electron chi connectivity index (χ3n) is 3.44. The van der Waals surface area contributed by atoms with Crippen molar-refractivity contribution in [3.63, 3.8) is 0 Å². The molecule has 1 aromatic carbocycles. The summed E-state index contributed by atoms with van der Waals surface area (Å²) in [7, 11) is -3.14. The van der Waals surface area contributed by atoms with E-state index < -0.39 is 15.6 Å². The van der Waals surface area contributed by atoms with Crippen LogP contribution in [0.1, 0.15) is 18.4 Å². The summed E-state index contributed by atoms with van der Waals surface area (Å²) in [5.74, 6) is 0. The van der Waals surface area contributed by atoms with Crippen LogP contribution in [0.2, 0.25) is 0 Å². The van der Waals surface area contributed by atoms with Crippen molar-refractivity contribution in [3.8, 4) is 0 Å². The normalized spacial score (nSPS) is 26.1. The monoisotopic (exact) mass is 268 g/mol. The summed E-state index contributed by atoms with van der Waals surface area (Å²) >= 11 is 0. The Kier molecular flexibility index (Phi) is 3.75. The molecule has 0 amide bonds. The number of nitrogens with two attached hydrogens (primary N) is 1. The molecule has 1 aliphatic rings. The Bertz CT molecular complexity index is 501. The molecule has 1 atom stereocenters. The van der Waals surface area contributed by atoms with Gasteiger partial charge >= 0.3 is 0 Å². The van der Waals surface area contributed by atoms with E-state index in [2.05, 4.69) is 0 Å². The van der Waals surface area contributed by atoms with Gasteiger partial charge in [-0.1, -0.05) is 30.3 Å². The van der Waals surface area contributed by atoms with E-state index in [9.17, 15) is 8.42 Å². The number of piperidine rings is 1. The van der Waals surface area contributed by atoms with Crippen molar-refractivity contribution in [2.45, 2.75) is 24.8 Å². The molecule has 0 saturated carbocycles.